The van der Waals surface area contributed by atoms with Crippen LogP contribution in [0.2, 0.25) is 0 Å². The molecule has 3 heteroatoms. The summed E-state index contributed by atoms with van der Waals surface area (Å²) in [5.41, 5.74) is 3.59. The highest BCUT2D eigenvalue weighted by Gasteiger charge is 1.96. The molecule has 0 saturated carbocycles. The Kier molecular flexibility index (Phi) is 4.74. The average molecular weight is 247 g/mol. The van der Waals surface area contributed by atoms with Gasteiger partial charge in [-0.3, -0.25) is 0 Å². The highest BCUT2D eigenvalue weighted by atomic mass is 32.1. The summed E-state index contributed by atoms with van der Waals surface area (Å²) in [6.07, 6.45) is 1.07. The van der Waals surface area contributed by atoms with Gasteiger partial charge in [-0.05, 0) is 46.5 Å². The minimum Gasteiger partial charge on any atom is -0.392 e. The number of hydrogen-bond donors (Lipinski definition) is 2. The fourth-order valence-corrected chi connectivity index (χ4v) is 2.44. The molecule has 0 unspecified atom stereocenters. The van der Waals surface area contributed by atoms with Crippen LogP contribution in [0.25, 0.3) is 0 Å². The first-order valence-electron chi connectivity index (χ1n) is 5.79. The van der Waals surface area contributed by atoms with E-state index in [9.17, 15) is 0 Å². The number of aliphatic hydroxyl groups is 1. The summed E-state index contributed by atoms with van der Waals surface area (Å²) >= 11 is 1.74. The molecular weight excluding hydrogens is 230 g/mol. The second-order valence-electron chi connectivity index (χ2n) is 4.04. The molecule has 2 N–H and O–H groups in total. The van der Waals surface area contributed by atoms with Gasteiger partial charge in [-0.25, -0.2) is 0 Å². The van der Waals surface area contributed by atoms with Crippen molar-refractivity contribution in [2.24, 2.45) is 0 Å². The van der Waals surface area contributed by atoms with Gasteiger partial charge in [-0.15, -0.1) is 0 Å². The maximum absolute atomic E-state index is 9.04. The SMILES string of the molecule is OCc1cccc(CNCCc2ccsc2)c1. The molecule has 0 saturated heterocycles. The van der Waals surface area contributed by atoms with Crippen LogP contribution in [0.5, 0.6) is 0 Å². The number of benzene rings is 1. The van der Waals surface area contributed by atoms with Gasteiger partial charge in [0.25, 0.3) is 0 Å². The van der Waals surface area contributed by atoms with Crippen LogP contribution in [0.1, 0.15) is 16.7 Å². The van der Waals surface area contributed by atoms with Crippen molar-refractivity contribution < 1.29 is 5.11 Å². The van der Waals surface area contributed by atoms with Gasteiger partial charge >= 0.3 is 0 Å². The van der Waals surface area contributed by atoms with Gasteiger partial charge in [0.2, 0.25) is 0 Å². The number of aliphatic hydroxyl groups excluding tert-OH is 1. The lowest BCUT2D eigenvalue weighted by molar-refractivity contribution is 0.281. The first-order valence-corrected chi connectivity index (χ1v) is 6.73. The molecule has 0 bridgehead atoms. The first-order chi connectivity index (χ1) is 8.38. The van der Waals surface area contributed by atoms with Crippen molar-refractivity contribution in [1.82, 2.24) is 5.32 Å². The quantitative estimate of drug-likeness (QED) is 0.769. The largest absolute Gasteiger partial charge is 0.392 e. The van der Waals surface area contributed by atoms with Crippen LogP contribution in [0.15, 0.2) is 41.1 Å². The fourth-order valence-electron chi connectivity index (χ4n) is 1.74. The van der Waals surface area contributed by atoms with Gasteiger partial charge in [0.1, 0.15) is 0 Å². The van der Waals surface area contributed by atoms with E-state index in [0.29, 0.717) is 0 Å². The maximum atomic E-state index is 9.04. The second kappa shape index (κ2) is 6.55. The van der Waals surface area contributed by atoms with E-state index in [1.54, 1.807) is 11.3 Å². The Morgan fingerprint density at radius 1 is 1.12 bits per heavy atom. The fraction of sp³-hybridized carbons (Fsp3) is 0.286. The molecule has 1 aromatic heterocycles. The normalized spacial score (nSPS) is 10.6. The number of rotatable bonds is 6. The summed E-state index contributed by atoms with van der Waals surface area (Å²) in [5, 5.41) is 16.8. The Balaban J connectivity index is 1.74. The van der Waals surface area contributed by atoms with Gasteiger partial charge in [0.05, 0.1) is 6.61 Å². The summed E-state index contributed by atoms with van der Waals surface area (Å²) in [7, 11) is 0. The molecule has 1 heterocycles. The zero-order valence-electron chi connectivity index (χ0n) is 9.73. The molecule has 90 valence electrons. The minimum atomic E-state index is 0.114. The van der Waals surface area contributed by atoms with Gasteiger partial charge < -0.3 is 10.4 Å². The summed E-state index contributed by atoms with van der Waals surface area (Å²) in [6.45, 7) is 1.96. The third-order valence-electron chi connectivity index (χ3n) is 2.67. The van der Waals surface area contributed by atoms with Crippen LogP contribution in [0.4, 0.5) is 0 Å². The third-order valence-corrected chi connectivity index (χ3v) is 3.41. The molecule has 0 aliphatic carbocycles. The highest BCUT2D eigenvalue weighted by molar-refractivity contribution is 7.07. The van der Waals surface area contributed by atoms with Crippen molar-refractivity contribution in [3.05, 3.63) is 57.8 Å². The number of hydrogen-bond acceptors (Lipinski definition) is 3. The van der Waals surface area contributed by atoms with Crippen molar-refractivity contribution in [1.29, 1.82) is 0 Å². The van der Waals surface area contributed by atoms with Crippen molar-refractivity contribution in [3.8, 4) is 0 Å². The molecular formula is C14H17NOS. The predicted molar refractivity (Wildman–Crippen MR) is 72.1 cm³/mol. The summed E-state index contributed by atoms with van der Waals surface area (Å²) in [5.74, 6) is 0. The molecule has 0 amide bonds. The van der Waals surface area contributed by atoms with Crippen LogP contribution in [-0.4, -0.2) is 11.7 Å². The topological polar surface area (TPSA) is 32.3 Å². The van der Waals surface area contributed by atoms with Crippen LogP contribution in [0.3, 0.4) is 0 Å². The van der Waals surface area contributed by atoms with Crippen LogP contribution in [-0.2, 0) is 19.6 Å². The second-order valence-corrected chi connectivity index (χ2v) is 4.82. The zero-order valence-corrected chi connectivity index (χ0v) is 10.5. The van der Waals surface area contributed by atoms with E-state index < -0.39 is 0 Å². The Hall–Kier alpha value is -1.16. The monoisotopic (exact) mass is 247 g/mol. The molecule has 1 aromatic carbocycles. The van der Waals surface area contributed by atoms with Gasteiger partial charge in [-0.1, -0.05) is 24.3 Å². The van der Waals surface area contributed by atoms with E-state index in [-0.39, 0.29) is 6.61 Å². The number of nitrogens with one attached hydrogen (secondary N) is 1. The van der Waals surface area contributed by atoms with Gasteiger partial charge in [0.15, 0.2) is 0 Å². The van der Waals surface area contributed by atoms with E-state index in [2.05, 4.69) is 28.2 Å². The van der Waals surface area contributed by atoms with E-state index in [1.165, 1.54) is 11.1 Å². The van der Waals surface area contributed by atoms with Gasteiger partial charge in [0, 0.05) is 6.54 Å². The summed E-state index contributed by atoms with van der Waals surface area (Å²) in [4.78, 5) is 0. The van der Waals surface area contributed by atoms with Gasteiger partial charge in [-0.2, -0.15) is 11.3 Å². The van der Waals surface area contributed by atoms with Crippen molar-refractivity contribution in [2.45, 2.75) is 19.6 Å². The number of thiophene rings is 1. The standard InChI is InChI=1S/C14H17NOS/c16-10-14-3-1-2-13(8-14)9-15-6-4-12-5-7-17-11-12/h1-3,5,7-8,11,15-16H,4,6,9-10H2. The minimum absolute atomic E-state index is 0.114. The smallest absolute Gasteiger partial charge is 0.0681 e. The highest BCUT2D eigenvalue weighted by Crippen LogP contribution is 2.07. The first kappa shape index (κ1) is 12.3. The Bertz CT molecular complexity index is 439. The summed E-state index contributed by atoms with van der Waals surface area (Å²) < 4.78 is 0. The molecule has 2 rings (SSSR count). The van der Waals surface area contributed by atoms with E-state index in [4.69, 9.17) is 5.11 Å². The molecule has 0 spiro atoms. The lowest BCUT2D eigenvalue weighted by Gasteiger charge is -2.05. The molecule has 0 fully saturated rings. The third kappa shape index (κ3) is 3.97. The molecule has 0 radical (unpaired) electrons. The Labute approximate surface area is 106 Å². The lowest BCUT2D eigenvalue weighted by atomic mass is 10.1. The Morgan fingerprint density at radius 3 is 2.76 bits per heavy atom. The summed E-state index contributed by atoms with van der Waals surface area (Å²) in [6, 6.07) is 10.2. The molecule has 2 aromatic rings. The van der Waals surface area contributed by atoms with E-state index >= 15 is 0 Å². The average Bonchev–Trinajstić information content (AvgIpc) is 2.88. The van der Waals surface area contributed by atoms with Crippen molar-refractivity contribution in [2.75, 3.05) is 6.54 Å². The van der Waals surface area contributed by atoms with Crippen molar-refractivity contribution >= 4 is 11.3 Å². The molecule has 2 nitrogen and oxygen atoms in total. The van der Waals surface area contributed by atoms with E-state index in [0.717, 1.165) is 25.1 Å². The predicted octanol–water partition coefficient (Wildman–Crippen LogP) is 2.57. The van der Waals surface area contributed by atoms with Crippen LogP contribution in [0, 0.1) is 0 Å². The zero-order chi connectivity index (χ0) is 11.9. The van der Waals surface area contributed by atoms with E-state index in [1.807, 2.05) is 18.2 Å². The lowest BCUT2D eigenvalue weighted by Crippen LogP contribution is -2.16. The molecule has 0 aliphatic rings. The van der Waals surface area contributed by atoms with Crippen LogP contribution < -0.4 is 5.32 Å². The molecule has 0 atom stereocenters. The van der Waals surface area contributed by atoms with Crippen molar-refractivity contribution in [3.63, 3.8) is 0 Å². The Morgan fingerprint density at radius 2 is 2.00 bits per heavy atom. The molecule has 17 heavy (non-hydrogen) atoms. The maximum Gasteiger partial charge on any atom is 0.0681 e. The van der Waals surface area contributed by atoms with Crippen LogP contribution >= 0.6 is 11.3 Å². The molecule has 0 aliphatic heterocycles.